The number of halogens is 3. The Bertz CT molecular complexity index is 1940. The Kier molecular flexibility index (Phi) is 9.53. The van der Waals surface area contributed by atoms with Crippen molar-refractivity contribution in [1.29, 1.82) is 5.26 Å². The maximum absolute atomic E-state index is 13.1. The van der Waals surface area contributed by atoms with Gasteiger partial charge in [-0.15, -0.1) is 0 Å². The molecule has 3 fully saturated rings. The summed E-state index contributed by atoms with van der Waals surface area (Å²) in [5.41, 5.74) is 3.71. The van der Waals surface area contributed by atoms with Gasteiger partial charge in [0.2, 0.25) is 0 Å². The molecule has 3 saturated heterocycles. The predicted octanol–water partition coefficient (Wildman–Crippen LogP) is 5.14. The fraction of sp³-hybridized carbons (Fsp3) is 0.528. The summed E-state index contributed by atoms with van der Waals surface area (Å²) in [6.07, 6.45) is 0.0164. The van der Waals surface area contributed by atoms with Crippen molar-refractivity contribution in [2.75, 3.05) is 77.2 Å². The first-order valence-corrected chi connectivity index (χ1v) is 18.7. The van der Waals surface area contributed by atoms with Crippen LogP contribution >= 0.6 is 0 Å². The molecular weight excluding hydrogens is 666 g/mol. The van der Waals surface area contributed by atoms with Gasteiger partial charge in [0, 0.05) is 86.4 Å². The first-order valence-electron chi connectivity index (χ1n) is 17.2. The second-order valence-electron chi connectivity index (χ2n) is 14.2. The van der Waals surface area contributed by atoms with Gasteiger partial charge < -0.3 is 14.2 Å². The fourth-order valence-corrected chi connectivity index (χ4v) is 8.89. The van der Waals surface area contributed by atoms with Crippen LogP contribution in [0.4, 0.5) is 19.0 Å². The molecular formula is C36H43F3N8O2S. The maximum Gasteiger partial charge on any atom is 0.393 e. The first kappa shape index (κ1) is 34.7. The van der Waals surface area contributed by atoms with Crippen molar-refractivity contribution in [2.45, 2.75) is 44.9 Å². The number of fused-ring (bicyclic) bond motifs is 2. The van der Waals surface area contributed by atoms with Gasteiger partial charge in [-0.2, -0.15) is 18.4 Å². The summed E-state index contributed by atoms with van der Waals surface area (Å²) in [6, 6.07) is 13.4. The lowest BCUT2D eigenvalue weighted by Gasteiger charge is -2.54. The molecule has 0 N–H and O–H groups in total. The minimum Gasteiger partial charge on any atom is -0.496 e. The van der Waals surface area contributed by atoms with Crippen molar-refractivity contribution in [3.05, 3.63) is 59.5 Å². The SMILES string of the molecule is COc1c(CN2CCC3(CC2)CN(c2ncnc4ccc(CC(F)(F)F)cc24)C3)ccc2c1cc(C#N)n2C(C)CN1CCN(S(C)=O)CC1. The van der Waals surface area contributed by atoms with E-state index < -0.39 is 23.6 Å². The van der Waals surface area contributed by atoms with Crippen LogP contribution in [0.1, 0.15) is 42.6 Å². The molecule has 2 atom stereocenters. The van der Waals surface area contributed by atoms with E-state index in [0.717, 1.165) is 101 Å². The number of rotatable bonds is 9. The number of ether oxygens (including phenoxy) is 1. The Labute approximate surface area is 293 Å². The van der Waals surface area contributed by atoms with E-state index in [4.69, 9.17) is 4.74 Å². The Hall–Kier alpha value is -3.77. The minimum absolute atomic E-state index is 0.0685. The molecule has 0 bridgehead atoms. The standard InChI is InChI=1S/C36H43F3N8O2S/c1-25(20-44-12-14-46(15-13-44)50(3)48)47-28(19-40)17-30-32(47)7-5-27(33(30)49-2)21-43-10-8-35(9-11-43)22-45(23-35)34-29-16-26(18-36(37,38)39)4-6-31(29)41-24-42-34/h4-7,16-17,24-25H,8-15,18,20-23H2,1-3H3. The van der Waals surface area contributed by atoms with E-state index in [1.165, 1.54) is 12.4 Å². The van der Waals surface area contributed by atoms with E-state index in [2.05, 4.69) is 54.4 Å². The molecule has 0 radical (unpaired) electrons. The van der Waals surface area contributed by atoms with Crippen molar-refractivity contribution in [3.8, 4) is 11.8 Å². The summed E-state index contributed by atoms with van der Waals surface area (Å²) in [4.78, 5) is 15.8. The Morgan fingerprint density at radius 1 is 1.00 bits per heavy atom. The topological polar surface area (TPSA) is 93.8 Å². The number of piperazine rings is 1. The van der Waals surface area contributed by atoms with E-state index >= 15 is 0 Å². The number of piperidine rings is 1. The molecule has 2 aromatic carbocycles. The van der Waals surface area contributed by atoms with Crippen LogP contribution in [0.15, 0.2) is 42.7 Å². The average Bonchev–Trinajstić information content (AvgIpc) is 3.46. The molecule has 3 aliphatic heterocycles. The fourth-order valence-electron chi connectivity index (χ4n) is 8.21. The van der Waals surface area contributed by atoms with Crippen molar-refractivity contribution in [1.82, 2.24) is 28.6 Å². The first-order chi connectivity index (χ1) is 24.0. The summed E-state index contributed by atoms with van der Waals surface area (Å²) < 4.78 is 61.2. The predicted molar refractivity (Wildman–Crippen MR) is 188 cm³/mol. The molecule has 14 heteroatoms. The van der Waals surface area contributed by atoms with Crippen LogP contribution in [0, 0.1) is 16.7 Å². The van der Waals surface area contributed by atoms with Gasteiger partial charge in [0.15, 0.2) is 0 Å². The molecule has 10 nitrogen and oxygen atoms in total. The maximum atomic E-state index is 13.1. The zero-order chi connectivity index (χ0) is 35.2. The van der Waals surface area contributed by atoms with Crippen molar-refractivity contribution in [2.24, 2.45) is 5.41 Å². The van der Waals surface area contributed by atoms with Gasteiger partial charge in [-0.05, 0) is 62.7 Å². The highest BCUT2D eigenvalue weighted by atomic mass is 32.2. The molecule has 0 saturated carbocycles. The number of anilines is 1. The second-order valence-corrected chi connectivity index (χ2v) is 15.5. The lowest BCUT2D eigenvalue weighted by Crippen LogP contribution is -2.60. The van der Waals surface area contributed by atoms with Gasteiger partial charge in [0.1, 0.15) is 29.7 Å². The van der Waals surface area contributed by atoms with E-state index in [0.29, 0.717) is 22.4 Å². The number of nitriles is 1. The molecule has 2 aromatic heterocycles. The van der Waals surface area contributed by atoms with Gasteiger partial charge >= 0.3 is 6.18 Å². The molecule has 2 unspecified atom stereocenters. The van der Waals surface area contributed by atoms with E-state index in [1.807, 2.05) is 10.4 Å². The quantitative estimate of drug-likeness (QED) is 0.236. The number of methoxy groups -OCH3 is 1. The molecule has 0 aliphatic carbocycles. The molecule has 0 amide bonds. The Morgan fingerprint density at radius 2 is 1.74 bits per heavy atom. The highest BCUT2D eigenvalue weighted by Crippen LogP contribution is 2.44. The van der Waals surface area contributed by atoms with Crippen LogP contribution in [0.5, 0.6) is 5.75 Å². The van der Waals surface area contributed by atoms with Crippen LogP contribution < -0.4 is 9.64 Å². The van der Waals surface area contributed by atoms with Gasteiger partial charge in [0.25, 0.3) is 0 Å². The van der Waals surface area contributed by atoms with Crippen molar-refractivity contribution >= 4 is 38.6 Å². The zero-order valence-electron chi connectivity index (χ0n) is 28.7. The van der Waals surface area contributed by atoms with Crippen molar-refractivity contribution in [3.63, 3.8) is 0 Å². The molecule has 4 aromatic rings. The number of alkyl halides is 3. The molecule has 266 valence electrons. The van der Waals surface area contributed by atoms with E-state index in [1.54, 1.807) is 25.5 Å². The Morgan fingerprint density at radius 3 is 2.40 bits per heavy atom. The number of hydrogen-bond acceptors (Lipinski definition) is 8. The van der Waals surface area contributed by atoms with Gasteiger partial charge in [-0.3, -0.25) is 9.80 Å². The van der Waals surface area contributed by atoms with Crippen LogP contribution in [-0.4, -0.2) is 111 Å². The van der Waals surface area contributed by atoms with E-state index in [9.17, 15) is 22.6 Å². The third-order valence-electron chi connectivity index (χ3n) is 10.8. The van der Waals surface area contributed by atoms with Crippen LogP contribution in [0.2, 0.25) is 0 Å². The largest absolute Gasteiger partial charge is 0.496 e. The number of benzene rings is 2. The number of likely N-dealkylation sites (tertiary alicyclic amines) is 1. The van der Waals surface area contributed by atoms with Gasteiger partial charge in [-0.1, -0.05) is 12.1 Å². The molecule has 3 aliphatic rings. The second kappa shape index (κ2) is 13.7. The summed E-state index contributed by atoms with van der Waals surface area (Å²) in [5, 5.41) is 11.7. The Balaban J connectivity index is 1.00. The smallest absolute Gasteiger partial charge is 0.393 e. The van der Waals surface area contributed by atoms with Crippen LogP contribution in [0.25, 0.3) is 21.8 Å². The van der Waals surface area contributed by atoms with Gasteiger partial charge in [-0.25, -0.2) is 18.5 Å². The van der Waals surface area contributed by atoms with Crippen LogP contribution in [0.3, 0.4) is 0 Å². The highest BCUT2D eigenvalue weighted by molar-refractivity contribution is 7.81. The summed E-state index contributed by atoms with van der Waals surface area (Å²) in [6.45, 7) is 10.4. The number of nitrogens with zero attached hydrogens (tertiary/aromatic N) is 8. The highest BCUT2D eigenvalue weighted by Gasteiger charge is 2.46. The lowest BCUT2D eigenvalue weighted by atomic mass is 9.72. The number of aromatic nitrogens is 3. The summed E-state index contributed by atoms with van der Waals surface area (Å²) in [5.74, 6) is 1.51. The zero-order valence-corrected chi connectivity index (χ0v) is 29.6. The molecule has 5 heterocycles. The monoisotopic (exact) mass is 708 g/mol. The molecule has 50 heavy (non-hydrogen) atoms. The van der Waals surface area contributed by atoms with Crippen LogP contribution in [-0.2, 0) is 24.0 Å². The summed E-state index contributed by atoms with van der Waals surface area (Å²) in [7, 11) is 0.742. The van der Waals surface area contributed by atoms with E-state index in [-0.39, 0.29) is 17.0 Å². The number of hydrogen-bond donors (Lipinski definition) is 0. The molecule has 7 rings (SSSR count). The van der Waals surface area contributed by atoms with Crippen molar-refractivity contribution < 1.29 is 22.1 Å². The van der Waals surface area contributed by atoms with Gasteiger partial charge in [0.05, 0.1) is 35.5 Å². The normalized spacial score (nSPS) is 20.2. The third kappa shape index (κ3) is 6.93. The lowest BCUT2D eigenvalue weighted by molar-refractivity contribution is -0.127. The third-order valence-corrected chi connectivity index (χ3v) is 11.9. The summed E-state index contributed by atoms with van der Waals surface area (Å²) >= 11 is 0. The molecule has 1 spiro atoms. The minimum atomic E-state index is -4.27. The average molecular weight is 709 g/mol.